The summed E-state index contributed by atoms with van der Waals surface area (Å²) in [4.78, 5) is 17.0. The van der Waals surface area contributed by atoms with Gasteiger partial charge in [-0.15, -0.1) is 0 Å². The van der Waals surface area contributed by atoms with Crippen LogP contribution in [0, 0.1) is 6.92 Å². The van der Waals surface area contributed by atoms with Crippen LogP contribution >= 0.6 is 0 Å². The summed E-state index contributed by atoms with van der Waals surface area (Å²) in [5.41, 5.74) is 3.10. The van der Waals surface area contributed by atoms with Crippen LogP contribution in [0.5, 0.6) is 0 Å². The van der Waals surface area contributed by atoms with Gasteiger partial charge < -0.3 is 9.72 Å². The van der Waals surface area contributed by atoms with Crippen molar-refractivity contribution in [3.63, 3.8) is 0 Å². The van der Waals surface area contributed by atoms with Crippen LogP contribution in [0.15, 0.2) is 89.0 Å². The minimum atomic E-state index is -3.56. The summed E-state index contributed by atoms with van der Waals surface area (Å²) in [6.07, 6.45) is 5.16. The van der Waals surface area contributed by atoms with Crippen molar-refractivity contribution in [1.82, 2.24) is 14.7 Å². The normalized spacial score (nSPS) is 11.5. The number of hydrogen-bond donors (Lipinski definition) is 1. The van der Waals surface area contributed by atoms with Gasteiger partial charge in [-0.25, -0.2) is 13.4 Å². The minimum Gasteiger partial charge on any atom is -0.348 e. The van der Waals surface area contributed by atoms with Crippen LogP contribution in [-0.2, 0) is 16.4 Å². The van der Waals surface area contributed by atoms with Gasteiger partial charge in [-0.2, -0.15) is 0 Å². The van der Waals surface area contributed by atoms with Crippen LogP contribution in [0.3, 0.4) is 0 Å². The lowest BCUT2D eigenvalue weighted by molar-refractivity contribution is 0.0950. The van der Waals surface area contributed by atoms with Crippen molar-refractivity contribution in [3.8, 4) is 0 Å². The van der Waals surface area contributed by atoms with Crippen LogP contribution < -0.4 is 5.32 Å². The number of carbonyl (C=O) groups excluding carboxylic acids is 1. The third kappa shape index (κ3) is 3.90. The molecule has 7 heteroatoms. The van der Waals surface area contributed by atoms with Crippen molar-refractivity contribution in [3.05, 3.63) is 95.9 Å². The minimum absolute atomic E-state index is 0.211. The number of aryl methyl sites for hydroxylation is 1. The molecule has 146 valence electrons. The molecule has 0 saturated carbocycles. The highest BCUT2D eigenvalue weighted by Crippen LogP contribution is 2.21. The molecular formula is C22H19N3O3S. The van der Waals surface area contributed by atoms with E-state index in [0.29, 0.717) is 12.1 Å². The highest BCUT2D eigenvalue weighted by Gasteiger charge is 2.17. The van der Waals surface area contributed by atoms with Gasteiger partial charge in [-0.05, 0) is 48.9 Å². The monoisotopic (exact) mass is 405 g/mol. The van der Waals surface area contributed by atoms with Crippen molar-refractivity contribution < 1.29 is 13.2 Å². The molecule has 1 amide bonds. The molecule has 29 heavy (non-hydrogen) atoms. The summed E-state index contributed by atoms with van der Waals surface area (Å²) in [5, 5.41) is 2.85. The second kappa shape index (κ2) is 7.52. The van der Waals surface area contributed by atoms with E-state index in [9.17, 15) is 13.2 Å². The molecule has 0 spiro atoms. The lowest BCUT2D eigenvalue weighted by atomic mass is 10.2. The molecular weight excluding hydrogens is 386 g/mol. The Morgan fingerprint density at radius 3 is 2.31 bits per heavy atom. The number of sulfone groups is 1. The van der Waals surface area contributed by atoms with E-state index in [-0.39, 0.29) is 15.7 Å². The van der Waals surface area contributed by atoms with Crippen LogP contribution in [0.4, 0.5) is 0 Å². The Kier molecular flexibility index (Phi) is 4.90. The van der Waals surface area contributed by atoms with Crippen LogP contribution in [0.2, 0.25) is 0 Å². The van der Waals surface area contributed by atoms with E-state index >= 15 is 0 Å². The molecule has 0 bridgehead atoms. The summed E-state index contributed by atoms with van der Waals surface area (Å²) in [5.74, 6) is -0.211. The molecule has 4 rings (SSSR count). The predicted octanol–water partition coefficient (Wildman–Crippen LogP) is 3.41. The zero-order valence-corrected chi connectivity index (χ0v) is 16.6. The first-order valence-electron chi connectivity index (χ1n) is 9.05. The maximum absolute atomic E-state index is 12.7. The van der Waals surface area contributed by atoms with Crippen molar-refractivity contribution in [2.75, 3.05) is 0 Å². The fourth-order valence-electron chi connectivity index (χ4n) is 2.98. The van der Waals surface area contributed by atoms with Gasteiger partial charge in [0.25, 0.3) is 5.91 Å². The van der Waals surface area contributed by atoms with Crippen molar-refractivity contribution in [2.24, 2.45) is 0 Å². The average molecular weight is 405 g/mol. The number of nitrogens with one attached hydrogen (secondary N) is 1. The molecule has 0 atom stereocenters. The lowest BCUT2D eigenvalue weighted by Gasteiger charge is -2.08. The first-order valence-corrected chi connectivity index (χ1v) is 10.5. The van der Waals surface area contributed by atoms with E-state index in [1.54, 1.807) is 83.7 Å². The van der Waals surface area contributed by atoms with Crippen molar-refractivity contribution >= 4 is 21.4 Å². The standard InChI is InChI=1S/C22H19N3O3S/c1-16-2-7-19(8-3-16)29(27,28)20-9-4-17(5-10-20)14-24-22(26)18-6-11-21-23-12-13-25(21)15-18/h2-13,15H,14H2,1H3,(H,24,26). The zero-order chi connectivity index (χ0) is 20.4. The summed E-state index contributed by atoms with van der Waals surface area (Å²) in [7, 11) is -3.56. The molecule has 2 heterocycles. The quantitative estimate of drug-likeness (QED) is 0.552. The summed E-state index contributed by atoms with van der Waals surface area (Å²) < 4.78 is 27.2. The fourth-order valence-corrected chi connectivity index (χ4v) is 4.24. The smallest absolute Gasteiger partial charge is 0.253 e. The maximum Gasteiger partial charge on any atom is 0.253 e. The largest absolute Gasteiger partial charge is 0.348 e. The van der Waals surface area contributed by atoms with Crippen LogP contribution in [0.25, 0.3) is 5.65 Å². The summed E-state index contributed by atoms with van der Waals surface area (Å²) >= 11 is 0. The fraction of sp³-hybridized carbons (Fsp3) is 0.0909. The molecule has 0 aliphatic heterocycles. The molecule has 0 aliphatic carbocycles. The molecule has 0 fully saturated rings. The van der Waals surface area contributed by atoms with E-state index in [1.165, 1.54) is 0 Å². The summed E-state index contributed by atoms with van der Waals surface area (Å²) in [6, 6.07) is 16.8. The molecule has 0 aliphatic rings. The van der Waals surface area contributed by atoms with Gasteiger partial charge in [0.2, 0.25) is 9.84 Å². The van der Waals surface area contributed by atoms with Crippen molar-refractivity contribution in [1.29, 1.82) is 0 Å². The topological polar surface area (TPSA) is 80.5 Å². The summed E-state index contributed by atoms with van der Waals surface area (Å²) in [6.45, 7) is 2.21. The first kappa shape index (κ1) is 18.9. The van der Waals surface area contributed by atoms with Gasteiger partial charge in [0, 0.05) is 25.1 Å². The van der Waals surface area contributed by atoms with E-state index in [0.717, 1.165) is 16.8 Å². The number of amides is 1. The molecule has 6 nitrogen and oxygen atoms in total. The second-order valence-corrected chi connectivity index (χ2v) is 8.70. The third-order valence-corrected chi connectivity index (χ3v) is 6.45. The Bertz CT molecular complexity index is 1280. The second-order valence-electron chi connectivity index (χ2n) is 6.75. The number of fused-ring (bicyclic) bond motifs is 1. The Balaban J connectivity index is 1.45. The van der Waals surface area contributed by atoms with E-state index < -0.39 is 9.84 Å². The first-order chi connectivity index (χ1) is 13.9. The van der Waals surface area contributed by atoms with Gasteiger partial charge in [-0.3, -0.25) is 4.79 Å². The van der Waals surface area contributed by atoms with Gasteiger partial charge in [0.1, 0.15) is 5.65 Å². The Hall–Kier alpha value is -3.45. The molecule has 1 N–H and O–H groups in total. The SMILES string of the molecule is Cc1ccc(S(=O)(=O)c2ccc(CNC(=O)c3ccc4nccn4c3)cc2)cc1. The zero-order valence-electron chi connectivity index (χ0n) is 15.7. The Morgan fingerprint density at radius 1 is 0.966 bits per heavy atom. The van der Waals surface area contributed by atoms with Gasteiger partial charge in [-0.1, -0.05) is 29.8 Å². The third-order valence-electron chi connectivity index (χ3n) is 4.67. The number of pyridine rings is 1. The number of hydrogen-bond acceptors (Lipinski definition) is 4. The van der Waals surface area contributed by atoms with Crippen molar-refractivity contribution in [2.45, 2.75) is 23.3 Å². The lowest BCUT2D eigenvalue weighted by Crippen LogP contribution is -2.23. The maximum atomic E-state index is 12.7. The Labute approximate surface area is 168 Å². The molecule has 2 aromatic carbocycles. The highest BCUT2D eigenvalue weighted by molar-refractivity contribution is 7.91. The average Bonchev–Trinajstić information content (AvgIpc) is 3.20. The van der Waals surface area contributed by atoms with Crippen LogP contribution in [0.1, 0.15) is 21.5 Å². The van der Waals surface area contributed by atoms with Crippen LogP contribution in [-0.4, -0.2) is 23.7 Å². The highest BCUT2D eigenvalue weighted by atomic mass is 32.2. The molecule has 2 aromatic heterocycles. The number of benzene rings is 2. The van der Waals surface area contributed by atoms with E-state index in [1.807, 2.05) is 6.92 Å². The number of rotatable bonds is 5. The van der Waals surface area contributed by atoms with Gasteiger partial charge in [0.05, 0.1) is 15.4 Å². The number of imidazole rings is 1. The number of aromatic nitrogens is 2. The molecule has 0 radical (unpaired) electrons. The Morgan fingerprint density at radius 2 is 1.62 bits per heavy atom. The van der Waals surface area contributed by atoms with Gasteiger partial charge >= 0.3 is 0 Å². The van der Waals surface area contributed by atoms with Gasteiger partial charge in [0.15, 0.2) is 0 Å². The number of carbonyl (C=O) groups is 1. The van der Waals surface area contributed by atoms with E-state index in [4.69, 9.17) is 0 Å². The molecule has 0 saturated heterocycles. The molecule has 4 aromatic rings. The van der Waals surface area contributed by atoms with E-state index in [2.05, 4.69) is 10.3 Å². The predicted molar refractivity (Wildman–Crippen MR) is 109 cm³/mol. The number of nitrogens with zero attached hydrogens (tertiary/aromatic N) is 2. The molecule has 0 unspecified atom stereocenters.